The Balaban J connectivity index is 0.000000434. The molecule has 0 spiro atoms. The highest BCUT2D eigenvalue weighted by Gasteiger charge is 2.32. The highest BCUT2D eigenvalue weighted by atomic mass is 19.1. The van der Waals surface area contributed by atoms with Crippen molar-refractivity contribution in [3.8, 4) is 11.8 Å². The maximum Gasteiger partial charge on any atom is 0.345 e. The normalized spacial score (nSPS) is 11.7. The third-order valence-electron chi connectivity index (χ3n) is 5.68. The van der Waals surface area contributed by atoms with Crippen molar-refractivity contribution in [2.75, 3.05) is 11.1 Å². The summed E-state index contributed by atoms with van der Waals surface area (Å²) in [6.07, 6.45) is 4.72. The summed E-state index contributed by atoms with van der Waals surface area (Å²) in [6, 6.07) is 13.8. The maximum absolute atomic E-state index is 14.3. The summed E-state index contributed by atoms with van der Waals surface area (Å²) in [7, 11) is 0. The van der Waals surface area contributed by atoms with Crippen LogP contribution in [0.15, 0.2) is 61.1 Å². The molecule has 0 unspecified atom stereocenters. The van der Waals surface area contributed by atoms with Gasteiger partial charge in [0.15, 0.2) is 0 Å². The second-order valence-electron chi connectivity index (χ2n) is 8.34. The number of nitrogens with two attached hydrogens (primary N) is 1. The molecule has 1 aliphatic rings. The first-order valence-electron chi connectivity index (χ1n) is 12.6. The third kappa shape index (κ3) is 6.87. The number of benzene rings is 2. The van der Waals surface area contributed by atoms with Crippen LogP contribution in [0, 0.1) is 24.6 Å². The molecule has 9 heteroatoms. The number of carbonyl (C=O) groups excluding carboxylic acids is 1. The number of anilines is 2. The van der Waals surface area contributed by atoms with Crippen molar-refractivity contribution < 1.29 is 14.4 Å². The van der Waals surface area contributed by atoms with Crippen LogP contribution in [0.1, 0.15) is 50.3 Å². The summed E-state index contributed by atoms with van der Waals surface area (Å²) in [4.78, 5) is 20.4. The summed E-state index contributed by atoms with van der Waals surface area (Å²) in [5.74, 6) is 5.82. The van der Waals surface area contributed by atoms with Crippen LogP contribution >= 0.6 is 0 Å². The van der Waals surface area contributed by atoms with E-state index in [1.165, 1.54) is 18.5 Å². The summed E-state index contributed by atoms with van der Waals surface area (Å²) >= 11 is 0. The second kappa shape index (κ2) is 13.2. The quantitative estimate of drug-likeness (QED) is 0.176. The van der Waals surface area contributed by atoms with Gasteiger partial charge in [0.1, 0.15) is 23.6 Å². The molecule has 1 aliphatic carbocycles. The number of nitrogen functional groups attached to an aromatic ring is 1. The Bertz CT molecular complexity index is 1410. The predicted molar refractivity (Wildman–Crippen MR) is 148 cm³/mol. The largest absolute Gasteiger partial charge is 0.383 e. The molecule has 8 nitrogen and oxygen atoms in total. The van der Waals surface area contributed by atoms with Gasteiger partial charge >= 0.3 is 6.03 Å². The Morgan fingerprint density at radius 1 is 1.13 bits per heavy atom. The zero-order chi connectivity index (χ0) is 27.7. The fraction of sp³-hybridized carbons (Fsp3) is 0.276. The Hall–Kier alpha value is -4.42. The number of halogens is 1. The topological polar surface area (TPSA) is 109 Å². The van der Waals surface area contributed by atoms with Gasteiger partial charge in [0.05, 0.1) is 22.7 Å². The number of aryl methyl sites for hydroxylation is 2. The van der Waals surface area contributed by atoms with Crippen molar-refractivity contribution in [3.63, 3.8) is 0 Å². The number of hydroxylamine groups is 2. The van der Waals surface area contributed by atoms with E-state index in [-0.39, 0.29) is 11.7 Å². The Morgan fingerprint density at radius 2 is 1.74 bits per heavy atom. The van der Waals surface area contributed by atoms with Gasteiger partial charge < -0.3 is 15.6 Å². The zero-order valence-corrected chi connectivity index (χ0v) is 22.1. The summed E-state index contributed by atoms with van der Waals surface area (Å²) in [5.41, 5.74) is 8.48. The van der Waals surface area contributed by atoms with Crippen LogP contribution in [0.5, 0.6) is 0 Å². The molecule has 1 saturated carbocycles. The van der Waals surface area contributed by atoms with Crippen molar-refractivity contribution in [1.29, 1.82) is 0 Å². The summed E-state index contributed by atoms with van der Waals surface area (Å²) < 4.78 is 16.3. The Morgan fingerprint density at radius 3 is 2.32 bits per heavy atom. The lowest BCUT2D eigenvalue weighted by molar-refractivity contribution is -0.0451. The molecule has 1 fully saturated rings. The minimum absolute atomic E-state index is 0.0477. The average molecular weight is 517 g/mol. The number of carbonyl (C=O) groups is 1. The number of urea groups is 1. The smallest absolute Gasteiger partial charge is 0.345 e. The Labute approximate surface area is 222 Å². The van der Waals surface area contributed by atoms with E-state index in [2.05, 4.69) is 27.1 Å². The van der Waals surface area contributed by atoms with E-state index in [0.29, 0.717) is 45.1 Å². The van der Waals surface area contributed by atoms with Gasteiger partial charge in [0.25, 0.3) is 0 Å². The van der Waals surface area contributed by atoms with Crippen LogP contribution in [0.25, 0.3) is 11.0 Å². The van der Waals surface area contributed by atoms with Gasteiger partial charge in [0.2, 0.25) is 0 Å². The molecule has 0 bridgehead atoms. The van der Waals surface area contributed by atoms with Gasteiger partial charge in [-0.15, -0.1) is 0 Å². The van der Waals surface area contributed by atoms with Crippen molar-refractivity contribution in [2.45, 2.75) is 53.1 Å². The lowest BCUT2D eigenvalue weighted by Crippen LogP contribution is -2.33. The molecule has 2 amide bonds. The molecular formula is C29H33FN6O2. The summed E-state index contributed by atoms with van der Waals surface area (Å²) in [5, 5.41) is 13.5. The summed E-state index contributed by atoms with van der Waals surface area (Å²) in [6.45, 7) is 8.41. The molecule has 0 radical (unpaired) electrons. The monoisotopic (exact) mass is 516 g/mol. The van der Waals surface area contributed by atoms with E-state index in [1.807, 2.05) is 67.9 Å². The number of amides is 2. The van der Waals surface area contributed by atoms with Gasteiger partial charge in [0, 0.05) is 18.3 Å². The van der Waals surface area contributed by atoms with Crippen LogP contribution in [0.4, 0.5) is 20.7 Å². The van der Waals surface area contributed by atoms with E-state index >= 15 is 0 Å². The van der Waals surface area contributed by atoms with Crippen molar-refractivity contribution in [1.82, 2.24) is 19.6 Å². The van der Waals surface area contributed by atoms with Crippen molar-refractivity contribution in [3.05, 3.63) is 83.6 Å². The number of aromatic nitrogens is 3. The van der Waals surface area contributed by atoms with Gasteiger partial charge in [-0.1, -0.05) is 62.1 Å². The highest BCUT2D eigenvalue weighted by molar-refractivity contribution is 5.92. The number of hydrogen-bond donors (Lipinski definition) is 3. The van der Waals surface area contributed by atoms with Crippen molar-refractivity contribution in [2.24, 2.45) is 0 Å². The fourth-order valence-electron chi connectivity index (χ4n) is 3.56. The lowest BCUT2D eigenvalue weighted by Gasteiger charge is -2.15. The number of rotatable bonds is 3. The molecule has 2 aromatic heterocycles. The molecule has 5 rings (SSSR count). The standard InChI is InChI=1S/C21H21FN6O2.C6H6.C2H6/c1-3-27-10-14(18-19(23)24-11-25-20(18)27)5-4-13-9-17(16(22)8-12(13)2)26-21(29)28(30)15-6-7-15;1-2-4-6-5-3-1;1-2/h8-11,15,30H,3,6-7H2,1-2H3,(H,26,29)(H2,23,24,25);1-6H;1-2H3. The molecule has 198 valence electrons. The van der Waals surface area contributed by atoms with E-state index < -0.39 is 11.8 Å². The van der Waals surface area contributed by atoms with Gasteiger partial charge in [-0.25, -0.2) is 24.2 Å². The van der Waals surface area contributed by atoms with Crippen molar-refractivity contribution >= 4 is 28.6 Å². The SMILES string of the molecule is CC.CCn1cc(C#Cc2cc(NC(=O)N(O)C3CC3)c(F)cc2C)c2c(N)ncnc21.c1ccccc1. The molecule has 4 N–H and O–H groups in total. The fourth-order valence-corrected chi connectivity index (χ4v) is 3.56. The number of fused-ring (bicyclic) bond motifs is 1. The van der Waals surface area contributed by atoms with E-state index in [0.717, 1.165) is 12.8 Å². The molecule has 4 aromatic rings. The Kier molecular flexibility index (Phi) is 9.79. The predicted octanol–water partition coefficient (Wildman–Crippen LogP) is 5.98. The number of nitrogens with one attached hydrogen (secondary N) is 1. The number of hydrogen-bond acceptors (Lipinski definition) is 5. The number of nitrogens with zero attached hydrogens (tertiary/aromatic N) is 4. The van der Waals surface area contributed by atoms with E-state index in [4.69, 9.17) is 5.73 Å². The first kappa shape index (κ1) is 28.2. The first-order valence-corrected chi connectivity index (χ1v) is 12.6. The highest BCUT2D eigenvalue weighted by Crippen LogP contribution is 2.27. The lowest BCUT2D eigenvalue weighted by atomic mass is 10.1. The van der Waals surface area contributed by atoms with Gasteiger partial charge in [-0.05, 0) is 44.4 Å². The van der Waals surface area contributed by atoms with Gasteiger partial charge in [-0.2, -0.15) is 0 Å². The molecule has 38 heavy (non-hydrogen) atoms. The second-order valence-corrected chi connectivity index (χ2v) is 8.34. The molecule has 0 aliphatic heterocycles. The molecule has 0 saturated heterocycles. The minimum Gasteiger partial charge on any atom is -0.383 e. The maximum atomic E-state index is 14.3. The van der Waals surface area contributed by atoms with Gasteiger partial charge in [-0.3, -0.25) is 5.21 Å². The van der Waals surface area contributed by atoms with E-state index in [1.54, 1.807) is 6.92 Å². The van der Waals surface area contributed by atoms with Crippen LogP contribution in [0.2, 0.25) is 0 Å². The third-order valence-corrected chi connectivity index (χ3v) is 5.68. The van der Waals surface area contributed by atoms with Crippen LogP contribution in [-0.4, -0.2) is 36.9 Å². The minimum atomic E-state index is -0.768. The molecule has 0 atom stereocenters. The van der Waals surface area contributed by atoms with Crippen LogP contribution < -0.4 is 11.1 Å². The average Bonchev–Trinajstić information content (AvgIpc) is 3.73. The zero-order valence-electron chi connectivity index (χ0n) is 22.1. The van der Waals surface area contributed by atoms with Crippen LogP contribution in [-0.2, 0) is 6.54 Å². The van der Waals surface area contributed by atoms with Crippen LogP contribution in [0.3, 0.4) is 0 Å². The molecule has 2 heterocycles. The molecule has 2 aromatic carbocycles. The first-order chi connectivity index (χ1) is 18.4. The van der Waals surface area contributed by atoms with E-state index in [9.17, 15) is 14.4 Å². The molecular weight excluding hydrogens is 483 g/mol.